The lowest BCUT2D eigenvalue weighted by molar-refractivity contribution is -0.117. The number of allylic oxidation sites excluding steroid dienone is 1. The predicted molar refractivity (Wildman–Crippen MR) is 105 cm³/mol. The van der Waals surface area contributed by atoms with Gasteiger partial charge in [0, 0.05) is 24.2 Å². The second kappa shape index (κ2) is 8.87. The zero-order chi connectivity index (χ0) is 19.9. The summed E-state index contributed by atoms with van der Waals surface area (Å²) < 4.78 is 10.5. The molecule has 1 aliphatic heterocycles. The fourth-order valence-corrected chi connectivity index (χ4v) is 3.01. The normalized spacial score (nSPS) is 13.6. The molecule has 0 aromatic heterocycles. The molecule has 1 heterocycles. The summed E-state index contributed by atoms with van der Waals surface area (Å²) in [7, 11) is 1.51. The van der Waals surface area contributed by atoms with E-state index in [1.165, 1.54) is 13.2 Å². The van der Waals surface area contributed by atoms with Crippen molar-refractivity contribution in [2.75, 3.05) is 25.2 Å². The molecule has 1 fully saturated rings. The molecule has 142 valence electrons. The van der Waals surface area contributed by atoms with Gasteiger partial charge in [-0.3, -0.25) is 9.59 Å². The van der Waals surface area contributed by atoms with Gasteiger partial charge >= 0.3 is 0 Å². The average molecular weight is 376 g/mol. The van der Waals surface area contributed by atoms with Gasteiger partial charge in [0.15, 0.2) is 23.9 Å². The van der Waals surface area contributed by atoms with Crippen LogP contribution in [0.25, 0.3) is 6.08 Å². The molecule has 0 aliphatic carbocycles. The lowest BCUT2D eigenvalue weighted by Gasteiger charge is -2.15. The van der Waals surface area contributed by atoms with Crippen molar-refractivity contribution in [2.24, 2.45) is 0 Å². The molecular weight excluding hydrogens is 356 g/mol. The second-order valence-electron chi connectivity index (χ2n) is 6.25. The maximum Gasteiger partial charge on any atom is 0.227 e. The summed E-state index contributed by atoms with van der Waals surface area (Å²) in [4.78, 5) is 26.0. The van der Waals surface area contributed by atoms with Crippen molar-refractivity contribution in [3.63, 3.8) is 0 Å². The van der Waals surface area contributed by atoms with E-state index < -0.39 is 0 Å². The molecule has 0 bridgehead atoms. The maximum absolute atomic E-state index is 12.4. The van der Waals surface area contributed by atoms with Gasteiger partial charge in [-0.1, -0.05) is 12.1 Å². The summed E-state index contributed by atoms with van der Waals surface area (Å²) in [5.74, 6) is 0.947. The number of ether oxygens (including phenoxy) is 2. The number of hydrogen-bond donors (Lipinski definition) is 0. The number of ketones is 1. The maximum atomic E-state index is 12.4. The molecule has 2 aromatic rings. The fraction of sp³-hybridized carbons (Fsp3) is 0.227. The van der Waals surface area contributed by atoms with Crippen LogP contribution >= 0.6 is 0 Å². The van der Waals surface area contributed by atoms with E-state index in [1.54, 1.807) is 53.4 Å². The van der Waals surface area contributed by atoms with Gasteiger partial charge in [-0.25, -0.2) is 0 Å². The highest BCUT2D eigenvalue weighted by atomic mass is 16.5. The van der Waals surface area contributed by atoms with E-state index in [0.717, 1.165) is 24.2 Å². The van der Waals surface area contributed by atoms with Crippen molar-refractivity contribution in [1.82, 2.24) is 0 Å². The van der Waals surface area contributed by atoms with Crippen LogP contribution in [0.2, 0.25) is 0 Å². The quantitative estimate of drug-likeness (QED) is 0.545. The van der Waals surface area contributed by atoms with Crippen molar-refractivity contribution in [3.8, 4) is 17.6 Å². The third-order valence-electron chi connectivity index (χ3n) is 4.44. The summed E-state index contributed by atoms with van der Waals surface area (Å²) in [5, 5.41) is 8.61. The first-order valence-corrected chi connectivity index (χ1v) is 8.93. The number of methoxy groups -OCH3 is 1. The van der Waals surface area contributed by atoms with E-state index in [-0.39, 0.29) is 18.3 Å². The highest BCUT2D eigenvalue weighted by molar-refractivity contribution is 6.07. The van der Waals surface area contributed by atoms with E-state index in [4.69, 9.17) is 14.7 Å². The van der Waals surface area contributed by atoms with Gasteiger partial charge in [0.05, 0.1) is 7.11 Å². The second-order valence-corrected chi connectivity index (χ2v) is 6.25. The van der Waals surface area contributed by atoms with Crippen molar-refractivity contribution in [3.05, 3.63) is 59.7 Å². The Bertz CT molecular complexity index is 942. The first-order valence-electron chi connectivity index (χ1n) is 8.93. The van der Waals surface area contributed by atoms with Crippen molar-refractivity contribution < 1.29 is 19.1 Å². The number of nitriles is 1. The van der Waals surface area contributed by atoms with E-state index in [2.05, 4.69) is 0 Å². The van der Waals surface area contributed by atoms with Gasteiger partial charge in [-0.2, -0.15) is 5.26 Å². The molecule has 1 aliphatic rings. The molecule has 0 saturated carbocycles. The molecule has 3 rings (SSSR count). The number of carbonyl (C=O) groups excluding carboxylic acids is 2. The number of rotatable bonds is 7. The molecule has 6 nitrogen and oxygen atoms in total. The molecule has 6 heteroatoms. The highest BCUT2D eigenvalue weighted by Gasteiger charge is 2.21. The van der Waals surface area contributed by atoms with Crippen LogP contribution in [-0.2, 0) is 4.79 Å². The lowest BCUT2D eigenvalue weighted by Crippen LogP contribution is -2.23. The largest absolute Gasteiger partial charge is 0.493 e. The summed E-state index contributed by atoms with van der Waals surface area (Å²) in [6.07, 6.45) is 4.62. The topological polar surface area (TPSA) is 79.6 Å². The number of amides is 1. The predicted octanol–water partition coefficient (Wildman–Crippen LogP) is 3.62. The Hall–Kier alpha value is -3.59. The molecule has 1 amide bonds. The first kappa shape index (κ1) is 19.2. The zero-order valence-corrected chi connectivity index (χ0v) is 15.6. The van der Waals surface area contributed by atoms with Gasteiger partial charge in [-0.05, 0) is 54.5 Å². The minimum absolute atomic E-state index is 0.0664. The Morgan fingerprint density at radius 1 is 1.21 bits per heavy atom. The molecule has 28 heavy (non-hydrogen) atoms. The molecular formula is C22H20N2O4. The standard InChI is InChI=1S/C22H20N2O4/c1-27-21-15-16(5-11-20(21)28-14-12-23)4-10-19(25)17-6-8-18(9-7-17)24-13-2-3-22(24)26/h4-11,15H,2-3,13-14H2,1H3/b10-4+. The Balaban J connectivity index is 1.69. The molecule has 0 N–H and O–H groups in total. The van der Waals surface area contributed by atoms with Crippen LogP contribution in [0.4, 0.5) is 5.69 Å². The Labute approximate surface area is 163 Å². The van der Waals surface area contributed by atoms with Crippen molar-refractivity contribution in [1.29, 1.82) is 5.26 Å². The third kappa shape index (κ3) is 4.38. The van der Waals surface area contributed by atoms with E-state index in [1.807, 2.05) is 6.07 Å². The van der Waals surface area contributed by atoms with Gasteiger partial charge in [0.1, 0.15) is 6.07 Å². The zero-order valence-electron chi connectivity index (χ0n) is 15.6. The van der Waals surface area contributed by atoms with Gasteiger partial charge in [0.2, 0.25) is 5.91 Å². The van der Waals surface area contributed by atoms with Gasteiger partial charge in [-0.15, -0.1) is 0 Å². The van der Waals surface area contributed by atoms with Crippen LogP contribution in [0, 0.1) is 11.3 Å². The lowest BCUT2D eigenvalue weighted by atomic mass is 10.1. The minimum atomic E-state index is -0.136. The molecule has 0 radical (unpaired) electrons. The van der Waals surface area contributed by atoms with Crippen molar-refractivity contribution >= 4 is 23.5 Å². The average Bonchev–Trinajstić information content (AvgIpc) is 3.16. The molecule has 0 atom stereocenters. The smallest absolute Gasteiger partial charge is 0.227 e. The van der Waals surface area contributed by atoms with Crippen LogP contribution in [0.1, 0.15) is 28.8 Å². The SMILES string of the molecule is COc1cc(/C=C/C(=O)c2ccc(N3CCCC3=O)cc2)ccc1OCC#N. The summed E-state index contributed by atoms with van der Waals surface area (Å²) >= 11 is 0. The highest BCUT2D eigenvalue weighted by Crippen LogP contribution is 2.28. The Morgan fingerprint density at radius 3 is 2.64 bits per heavy atom. The first-order chi connectivity index (χ1) is 13.6. The van der Waals surface area contributed by atoms with Crippen LogP contribution in [0.5, 0.6) is 11.5 Å². The van der Waals surface area contributed by atoms with Crippen molar-refractivity contribution in [2.45, 2.75) is 12.8 Å². The third-order valence-corrected chi connectivity index (χ3v) is 4.44. The molecule has 1 saturated heterocycles. The van der Waals surface area contributed by atoms with Gasteiger partial charge in [0.25, 0.3) is 0 Å². The molecule has 0 spiro atoms. The fourth-order valence-electron chi connectivity index (χ4n) is 3.01. The number of carbonyl (C=O) groups is 2. The monoisotopic (exact) mass is 376 g/mol. The summed E-state index contributed by atoms with van der Waals surface area (Å²) in [5.41, 5.74) is 2.14. The minimum Gasteiger partial charge on any atom is -0.493 e. The number of hydrogen-bond acceptors (Lipinski definition) is 5. The van der Waals surface area contributed by atoms with E-state index >= 15 is 0 Å². The van der Waals surface area contributed by atoms with Crippen LogP contribution in [0.15, 0.2) is 48.5 Å². The van der Waals surface area contributed by atoms with Crippen LogP contribution in [-0.4, -0.2) is 32.0 Å². The van der Waals surface area contributed by atoms with Gasteiger partial charge < -0.3 is 14.4 Å². The van der Waals surface area contributed by atoms with Crippen LogP contribution < -0.4 is 14.4 Å². The number of benzene rings is 2. The van der Waals surface area contributed by atoms with E-state index in [9.17, 15) is 9.59 Å². The molecule has 0 unspecified atom stereocenters. The summed E-state index contributed by atoms with van der Waals surface area (Å²) in [6, 6.07) is 14.2. The molecule has 2 aromatic carbocycles. The Morgan fingerprint density at radius 2 is 2.00 bits per heavy atom. The number of anilines is 1. The Kier molecular flexibility index (Phi) is 6.07. The summed E-state index contributed by atoms with van der Waals surface area (Å²) in [6.45, 7) is 0.658. The van der Waals surface area contributed by atoms with Crippen LogP contribution in [0.3, 0.4) is 0 Å². The van der Waals surface area contributed by atoms with E-state index in [0.29, 0.717) is 23.5 Å². The number of nitrogens with zero attached hydrogens (tertiary/aromatic N) is 2.